The van der Waals surface area contributed by atoms with E-state index in [-0.39, 0.29) is 13.2 Å². The van der Waals surface area contributed by atoms with Crippen LogP contribution in [-0.2, 0) is 46.4 Å². The summed E-state index contributed by atoms with van der Waals surface area (Å²) in [5, 5.41) is 25.5. The average molecular weight is 647 g/mol. The highest BCUT2D eigenvalue weighted by Crippen LogP contribution is 2.31. The van der Waals surface area contributed by atoms with Crippen LogP contribution in [0.2, 0.25) is 0 Å². The van der Waals surface area contributed by atoms with Crippen molar-refractivity contribution in [2.75, 3.05) is 6.61 Å². The summed E-state index contributed by atoms with van der Waals surface area (Å²) in [4.78, 5) is 38.0. The van der Waals surface area contributed by atoms with Crippen LogP contribution in [0.1, 0.15) is 59.6 Å². The predicted molar refractivity (Wildman–Crippen MR) is 166 cm³/mol. The van der Waals surface area contributed by atoms with Gasteiger partial charge in [0.15, 0.2) is 12.1 Å². The molecule has 0 saturated carbocycles. The minimum atomic E-state index is -1.66. The summed E-state index contributed by atoms with van der Waals surface area (Å²) in [6.45, 7) is 10.9. The summed E-state index contributed by atoms with van der Waals surface area (Å²) in [6.07, 6.45) is -7.17. The first kappa shape index (κ1) is 36.8. The molecule has 1 fully saturated rings. The lowest BCUT2D eigenvalue weighted by Crippen LogP contribution is -2.64. The van der Waals surface area contributed by atoms with Crippen LogP contribution in [0, 0.1) is 10.1 Å². The summed E-state index contributed by atoms with van der Waals surface area (Å²) >= 11 is 0. The van der Waals surface area contributed by atoms with Crippen LogP contribution >= 0.6 is 0 Å². The lowest BCUT2D eigenvalue weighted by Gasteiger charge is -2.42. The van der Waals surface area contributed by atoms with Gasteiger partial charge >= 0.3 is 12.1 Å². The molecule has 0 radical (unpaired) electrons. The highest BCUT2D eigenvalue weighted by molar-refractivity contribution is 5.82. The standard InChI is InChI=1S/C33H46N2O11/c1-21(25(29(37)45-32(2,3)4)34-31(38)46-33(5,6)7)43-30-26(35(39)40)28(42-20-23-16-12-9-13-17-23)27(24(18-36)44-30)41-19-22-14-10-8-11-15-22/h8-17,21,24-28,30,36H,18-20H2,1-7H3,(H,34,38)/t21-,24-,25+,26-,27+,28-,30+/m1/s1. The Morgan fingerprint density at radius 1 is 0.891 bits per heavy atom. The molecule has 1 aliphatic rings. The zero-order valence-electron chi connectivity index (χ0n) is 27.4. The SMILES string of the molecule is C[C@@H](O[C@H]1O[C@H](CO)[C@H](OCc2ccccc2)[C@H](OCc2ccccc2)[C@H]1[N+](=O)[O-])[C@H](NC(=O)OC(C)(C)C)C(=O)OC(C)(C)C. The van der Waals surface area contributed by atoms with E-state index < -0.39 is 77.6 Å². The molecule has 7 atom stereocenters. The number of alkyl carbamates (subject to hydrolysis) is 1. The molecule has 46 heavy (non-hydrogen) atoms. The zero-order chi connectivity index (χ0) is 34.1. The number of nitro groups is 1. The van der Waals surface area contributed by atoms with Crippen molar-refractivity contribution in [3.63, 3.8) is 0 Å². The molecule has 0 unspecified atom stereocenters. The molecule has 3 rings (SSSR count). The Morgan fingerprint density at radius 2 is 1.39 bits per heavy atom. The Balaban J connectivity index is 1.92. The Hall–Kier alpha value is -3.62. The normalized spacial score (nSPS) is 23.2. The van der Waals surface area contributed by atoms with Crippen LogP contribution in [-0.4, -0.2) is 82.7 Å². The molecule has 0 spiro atoms. The van der Waals surface area contributed by atoms with Gasteiger partial charge in [-0.05, 0) is 59.6 Å². The van der Waals surface area contributed by atoms with Gasteiger partial charge in [0.05, 0.1) is 25.9 Å². The molecule has 2 N–H and O–H groups in total. The predicted octanol–water partition coefficient (Wildman–Crippen LogP) is 4.16. The quantitative estimate of drug-likeness (QED) is 0.182. The molecule has 254 valence electrons. The number of benzene rings is 2. The van der Waals surface area contributed by atoms with Gasteiger partial charge in [-0.15, -0.1) is 0 Å². The van der Waals surface area contributed by atoms with Gasteiger partial charge in [0.25, 0.3) is 6.04 Å². The first-order valence-electron chi connectivity index (χ1n) is 15.2. The highest BCUT2D eigenvalue weighted by Gasteiger charge is 2.55. The second kappa shape index (κ2) is 16.3. The first-order chi connectivity index (χ1) is 21.6. The Bertz CT molecular complexity index is 1260. The van der Waals surface area contributed by atoms with E-state index in [1.54, 1.807) is 41.5 Å². The summed E-state index contributed by atoms with van der Waals surface area (Å²) < 4.78 is 35.1. The molecule has 0 aliphatic carbocycles. The van der Waals surface area contributed by atoms with Crippen molar-refractivity contribution in [2.45, 2.75) is 116 Å². The van der Waals surface area contributed by atoms with Gasteiger partial charge in [-0.3, -0.25) is 10.1 Å². The molecular weight excluding hydrogens is 600 g/mol. The van der Waals surface area contributed by atoms with E-state index in [2.05, 4.69) is 5.32 Å². The maximum Gasteiger partial charge on any atom is 0.408 e. The van der Waals surface area contributed by atoms with Crippen LogP contribution in [0.25, 0.3) is 0 Å². The van der Waals surface area contributed by atoms with E-state index in [9.17, 15) is 24.8 Å². The van der Waals surface area contributed by atoms with E-state index in [1.807, 2.05) is 60.7 Å². The second-order valence-electron chi connectivity index (χ2n) is 13.0. The number of nitrogens with zero attached hydrogens (tertiary/aromatic N) is 1. The van der Waals surface area contributed by atoms with Crippen LogP contribution < -0.4 is 5.32 Å². The number of amides is 1. The van der Waals surface area contributed by atoms with Crippen molar-refractivity contribution in [1.82, 2.24) is 5.32 Å². The second-order valence-corrected chi connectivity index (χ2v) is 13.0. The molecule has 13 nitrogen and oxygen atoms in total. The molecule has 0 bridgehead atoms. The lowest BCUT2D eigenvalue weighted by atomic mass is 9.96. The summed E-state index contributed by atoms with van der Waals surface area (Å²) in [5.74, 6) is -0.848. The maximum atomic E-state index is 13.2. The number of esters is 1. The van der Waals surface area contributed by atoms with Gasteiger partial charge in [0.1, 0.15) is 23.4 Å². The van der Waals surface area contributed by atoms with Crippen molar-refractivity contribution >= 4 is 12.1 Å². The van der Waals surface area contributed by atoms with Gasteiger partial charge in [0, 0.05) is 4.92 Å². The number of hydrogen-bond donors (Lipinski definition) is 2. The number of hydrogen-bond acceptors (Lipinski definition) is 11. The number of nitrogens with one attached hydrogen (secondary N) is 1. The molecular formula is C33H46N2O11. The molecule has 2 aromatic rings. The molecule has 1 aliphatic heterocycles. The summed E-state index contributed by atoms with van der Waals surface area (Å²) in [5.41, 5.74) is -0.228. The van der Waals surface area contributed by atoms with Gasteiger partial charge in [-0.25, -0.2) is 9.59 Å². The Morgan fingerprint density at radius 3 is 1.85 bits per heavy atom. The molecule has 13 heteroatoms. The summed E-state index contributed by atoms with van der Waals surface area (Å²) in [7, 11) is 0. The third-order valence-corrected chi connectivity index (χ3v) is 6.76. The number of aliphatic hydroxyl groups excluding tert-OH is 1. The fourth-order valence-electron chi connectivity index (χ4n) is 4.76. The molecule has 1 heterocycles. The molecule has 2 aromatic carbocycles. The minimum Gasteiger partial charge on any atom is -0.458 e. The van der Waals surface area contributed by atoms with Gasteiger partial charge < -0.3 is 38.8 Å². The number of ether oxygens (including phenoxy) is 6. The minimum absolute atomic E-state index is 0.00218. The number of aliphatic hydroxyl groups is 1. The third-order valence-electron chi connectivity index (χ3n) is 6.76. The number of carbonyl (C=O) groups excluding carboxylic acids is 2. The van der Waals surface area contributed by atoms with Crippen LogP contribution in [0.4, 0.5) is 4.79 Å². The number of rotatable bonds is 13. The van der Waals surface area contributed by atoms with Gasteiger partial charge in [-0.1, -0.05) is 60.7 Å². The monoisotopic (exact) mass is 646 g/mol. The summed E-state index contributed by atoms with van der Waals surface area (Å²) in [6, 6.07) is 15.2. The van der Waals surface area contributed by atoms with Crippen molar-refractivity contribution in [3.8, 4) is 0 Å². The van der Waals surface area contributed by atoms with E-state index in [0.29, 0.717) is 0 Å². The topological polar surface area (TPSA) is 165 Å². The van der Waals surface area contributed by atoms with Crippen molar-refractivity contribution in [3.05, 3.63) is 81.9 Å². The van der Waals surface area contributed by atoms with Crippen LogP contribution in [0.15, 0.2) is 60.7 Å². The van der Waals surface area contributed by atoms with E-state index in [4.69, 9.17) is 28.4 Å². The Kier molecular flexibility index (Phi) is 13.0. The van der Waals surface area contributed by atoms with E-state index in [0.717, 1.165) is 11.1 Å². The fraction of sp³-hybridized carbons (Fsp3) is 0.576. The van der Waals surface area contributed by atoms with Crippen LogP contribution in [0.3, 0.4) is 0 Å². The largest absolute Gasteiger partial charge is 0.458 e. The molecule has 0 aromatic heterocycles. The first-order valence-corrected chi connectivity index (χ1v) is 15.2. The van der Waals surface area contributed by atoms with Crippen LogP contribution in [0.5, 0.6) is 0 Å². The smallest absolute Gasteiger partial charge is 0.408 e. The zero-order valence-corrected chi connectivity index (χ0v) is 27.4. The average Bonchev–Trinajstić information content (AvgIpc) is 2.96. The van der Waals surface area contributed by atoms with Gasteiger partial charge in [-0.2, -0.15) is 0 Å². The Labute approximate surface area is 269 Å². The van der Waals surface area contributed by atoms with Crippen molar-refractivity contribution in [2.24, 2.45) is 0 Å². The molecule has 1 saturated heterocycles. The van der Waals surface area contributed by atoms with E-state index >= 15 is 0 Å². The third kappa shape index (κ3) is 11.3. The number of carbonyl (C=O) groups is 2. The highest BCUT2D eigenvalue weighted by atomic mass is 16.7. The lowest BCUT2D eigenvalue weighted by molar-refractivity contribution is -0.578. The van der Waals surface area contributed by atoms with Crippen molar-refractivity contribution < 1.29 is 48.0 Å². The van der Waals surface area contributed by atoms with Gasteiger partial charge in [0.2, 0.25) is 6.29 Å². The molecule has 1 amide bonds. The van der Waals surface area contributed by atoms with Crippen molar-refractivity contribution in [1.29, 1.82) is 0 Å². The fourth-order valence-corrected chi connectivity index (χ4v) is 4.76. The van der Waals surface area contributed by atoms with E-state index in [1.165, 1.54) is 6.92 Å². The maximum absolute atomic E-state index is 13.2.